The third-order valence-corrected chi connectivity index (χ3v) is 4.36. The molecule has 0 fully saturated rings. The van der Waals surface area contributed by atoms with E-state index in [0.717, 1.165) is 25.2 Å². The van der Waals surface area contributed by atoms with Gasteiger partial charge in [-0.1, -0.05) is 36.4 Å². The van der Waals surface area contributed by atoms with E-state index in [1.54, 1.807) is 0 Å². The van der Waals surface area contributed by atoms with Crippen molar-refractivity contribution in [2.45, 2.75) is 25.9 Å². The zero-order chi connectivity index (χ0) is 16.2. The number of aliphatic hydroxyl groups is 1. The summed E-state index contributed by atoms with van der Waals surface area (Å²) >= 11 is 0. The molecule has 1 aliphatic rings. The van der Waals surface area contributed by atoms with E-state index >= 15 is 0 Å². The summed E-state index contributed by atoms with van der Waals surface area (Å²) in [5.74, 6) is -0.0641. The lowest BCUT2D eigenvalue weighted by molar-refractivity contribution is -0.114. The first-order chi connectivity index (χ1) is 11.2. The Morgan fingerprint density at radius 3 is 2.65 bits per heavy atom. The number of amides is 1. The fraction of sp³-hybridized carbons (Fsp3) is 0.316. The highest BCUT2D eigenvalue weighted by Crippen LogP contribution is 2.30. The number of aliphatic hydroxyl groups excluding tert-OH is 1. The van der Waals surface area contributed by atoms with E-state index in [1.807, 2.05) is 30.3 Å². The van der Waals surface area contributed by atoms with Crippen LogP contribution < -0.4 is 5.32 Å². The van der Waals surface area contributed by atoms with Crippen LogP contribution in [0.2, 0.25) is 0 Å². The van der Waals surface area contributed by atoms with Gasteiger partial charge in [0.25, 0.3) is 0 Å². The lowest BCUT2D eigenvalue weighted by Gasteiger charge is -2.36. The molecule has 1 amide bonds. The summed E-state index contributed by atoms with van der Waals surface area (Å²) in [6, 6.07) is 16.3. The smallest absolute Gasteiger partial charge is 0.221 e. The van der Waals surface area contributed by atoms with Crippen molar-refractivity contribution in [1.82, 2.24) is 4.90 Å². The Hall–Kier alpha value is -2.17. The molecule has 1 heterocycles. The molecular formula is C19H22N2O2. The molecule has 4 heteroatoms. The van der Waals surface area contributed by atoms with Crippen LogP contribution in [0.1, 0.15) is 29.7 Å². The normalized spacial score (nSPS) is 17.6. The lowest BCUT2D eigenvalue weighted by Crippen LogP contribution is -2.36. The number of nitrogens with one attached hydrogen (secondary N) is 1. The Balaban J connectivity index is 1.74. The molecule has 2 aromatic carbocycles. The number of nitrogens with zero attached hydrogens (tertiary/aromatic N) is 1. The minimum absolute atomic E-state index is 0.0509. The van der Waals surface area contributed by atoms with Crippen molar-refractivity contribution in [3.8, 4) is 0 Å². The molecule has 0 saturated heterocycles. The molecule has 120 valence electrons. The molecule has 23 heavy (non-hydrogen) atoms. The average molecular weight is 310 g/mol. The molecule has 2 N–H and O–H groups in total. The Kier molecular flexibility index (Phi) is 4.74. The van der Waals surface area contributed by atoms with Crippen molar-refractivity contribution < 1.29 is 9.90 Å². The van der Waals surface area contributed by atoms with Crippen LogP contribution in [0.5, 0.6) is 0 Å². The highest BCUT2D eigenvalue weighted by molar-refractivity contribution is 5.88. The molecule has 0 bridgehead atoms. The third kappa shape index (κ3) is 3.60. The van der Waals surface area contributed by atoms with Crippen LogP contribution in [0.25, 0.3) is 0 Å². The van der Waals surface area contributed by atoms with Gasteiger partial charge in [0.1, 0.15) is 0 Å². The monoisotopic (exact) mass is 310 g/mol. The van der Waals surface area contributed by atoms with Gasteiger partial charge in [0.05, 0.1) is 12.6 Å². The van der Waals surface area contributed by atoms with Crippen LogP contribution in [0.4, 0.5) is 5.69 Å². The molecule has 0 aromatic heterocycles. The summed E-state index contributed by atoms with van der Waals surface area (Å²) < 4.78 is 0. The zero-order valence-electron chi connectivity index (χ0n) is 13.3. The predicted octanol–water partition coefficient (Wildman–Crippen LogP) is 2.74. The molecule has 1 aliphatic heterocycles. The van der Waals surface area contributed by atoms with Gasteiger partial charge in [-0.2, -0.15) is 0 Å². The molecule has 0 aliphatic carbocycles. The molecule has 2 aromatic rings. The number of rotatable bonds is 4. The summed E-state index contributed by atoms with van der Waals surface area (Å²) in [7, 11) is 0. The largest absolute Gasteiger partial charge is 0.394 e. The molecule has 4 nitrogen and oxygen atoms in total. The average Bonchev–Trinajstić information content (AvgIpc) is 2.56. The van der Waals surface area contributed by atoms with Gasteiger partial charge < -0.3 is 10.4 Å². The number of hydrogen-bond acceptors (Lipinski definition) is 3. The van der Waals surface area contributed by atoms with Crippen LogP contribution in [-0.2, 0) is 17.8 Å². The van der Waals surface area contributed by atoms with Gasteiger partial charge >= 0.3 is 0 Å². The number of hydrogen-bond donors (Lipinski definition) is 2. The van der Waals surface area contributed by atoms with Gasteiger partial charge in [-0.25, -0.2) is 0 Å². The molecular weight excluding hydrogens is 288 g/mol. The van der Waals surface area contributed by atoms with E-state index < -0.39 is 0 Å². The first-order valence-corrected chi connectivity index (χ1v) is 7.96. The predicted molar refractivity (Wildman–Crippen MR) is 91.1 cm³/mol. The summed E-state index contributed by atoms with van der Waals surface area (Å²) in [5.41, 5.74) is 4.56. The lowest BCUT2D eigenvalue weighted by atomic mass is 9.92. The molecule has 0 radical (unpaired) electrons. The topological polar surface area (TPSA) is 52.6 Å². The van der Waals surface area contributed by atoms with Gasteiger partial charge in [0.15, 0.2) is 0 Å². The summed E-state index contributed by atoms with van der Waals surface area (Å²) in [6.07, 6.45) is 1.01. The summed E-state index contributed by atoms with van der Waals surface area (Å²) in [5, 5.41) is 12.6. The van der Waals surface area contributed by atoms with Crippen molar-refractivity contribution in [2.24, 2.45) is 0 Å². The second-order valence-corrected chi connectivity index (χ2v) is 6.00. The maximum Gasteiger partial charge on any atom is 0.221 e. The van der Waals surface area contributed by atoms with Gasteiger partial charge in [-0.05, 0) is 35.2 Å². The SMILES string of the molecule is CC(=O)Nc1ccc(CN2CCc3ccccc3C2CO)cc1. The Labute approximate surface area is 136 Å². The van der Waals surface area contributed by atoms with Gasteiger partial charge in [-0.15, -0.1) is 0 Å². The van der Waals surface area contributed by atoms with E-state index in [-0.39, 0.29) is 18.6 Å². The van der Waals surface area contributed by atoms with Crippen LogP contribution in [0.15, 0.2) is 48.5 Å². The Morgan fingerprint density at radius 1 is 1.22 bits per heavy atom. The number of fused-ring (bicyclic) bond motifs is 1. The Bertz CT molecular complexity index is 682. The van der Waals surface area contributed by atoms with E-state index in [1.165, 1.54) is 23.6 Å². The number of carbonyl (C=O) groups excluding carboxylic acids is 1. The van der Waals surface area contributed by atoms with Crippen LogP contribution >= 0.6 is 0 Å². The number of anilines is 1. The van der Waals surface area contributed by atoms with E-state index in [2.05, 4.69) is 28.4 Å². The molecule has 1 unspecified atom stereocenters. The first-order valence-electron chi connectivity index (χ1n) is 7.96. The second kappa shape index (κ2) is 6.94. The standard InChI is InChI=1S/C19H22N2O2/c1-14(23)20-17-8-6-15(7-9-17)12-21-11-10-16-4-2-3-5-18(16)19(21)13-22/h2-9,19,22H,10-13H2,1H3,(H,20,23). The summed E-state index contributed by atoms with van der Waals surface area (Å²) in [4.78, 5) is 13.4. The van der Waals surface area contributed by atoms with Crippen molar-refractivity contribution in [1.29, 1.82) is 0 Å². The zero-order valence-corrected chi connectivity index (χ0v) is 13.3. The van der Waals surface area contributed by atoms with E-state index in [4.69, 9.17) is 0 Å². The minimum atomic E-state index is -0.0641. The van der Waals surface area contributed by atoms with Gasteiger partial charge in [0.2, 0.25) is 5.91 Å². The first kappa shape index (κ1) is 15.7. The molecule has 0 spiro atoms. The maximum absolute atomic E-state index is 11.1. The van der Waals surface area contributed by atoms with Crippen molar-refractivity contribution >= 4 is 11.6 Å². The fourth-order valence-corrected chi connectivity index (χ4v) is 3.24. The van der Waals surface area contributed by atoms with Gasteiger partial charge in [0, 0.05) is 25.7 Å². The quantitative estimate of drug-likeness (QED) is 0.913. The maximum atomic E-state index is 11.1. The highest BCUT2D eigenvalue weighted by Gasteiger charge is 2.26. The van der Waals surface area contributed by atoms with Crippen molar-refractivity contribution in [3.05, 3.63) is 65.2 Å². The molecule has 1 atom stereocenters. The summed E-state index contributed by atoms with van der Waals surface area (Å²) in [6.45, 7) is 3.36. The Morgan fingerprint density at radius 2 is 1.96 bits per heavy atom. The molecule has 3 rings (SSSR count). The minimum Gasteiger partial charge on any atom is -0.394 e. The third-order valence-electron chi connectivity index (χ3n) is 4.36. The fourth-order valence-electron chi connectivity index (χ4n) is 3.24. The van der Waals surface area contributed by atoms with Crippen LogP contribution in [0, 0.1) is 0 Å². The molecule has 0 saturated carbocycles. The van der Waals surface area contributed by atoms with Gasteiger partial charge in [-0.3, -0.25) is 9.69 Å². The van der Waals surface area contributed by atoms with E-state index in [0.29, 0.717) is 0 Å². The van der Waals surface area contributed by atoms with E-state index in [9.17, 15) is 9.90 Å². The van der Waals surface area contributed by atoms with Crippen LogP contribution in [-0.4, -0.2) is 29.1 Å². The second-order valence-electron chi connectivity index (χ2n) is 6.00. The number of benzene rings is 2. The highest BCUT2D eigenvalue weighted by atomic mass is 16.3. The number of carbonyl (C=O) groups is 1. The van der Waals surface area contributed by atoms with Crippen molar-refractivity contribution in [3.63, 3.8) is 0 Å². The van der Waals surface area contributed by atoms with Crippen molar-refractivity contribution in [2.75, 3.05) is 18.5 Å². The van der Waals surface area contributed by atoms with Crippen LogP contribution in [0.3, 0.4) is 0 Å².